The first-order valence-corrected chi connectivity index (χ1v) is 7.19. The average molecular weight is 281 g/mol. The van der Waals surface area contributed by atoms with Crippen molar-refractivity contribution >= 4 is 23.6 Å². The molecule has 1 aromatic carbocycles. The molecule has 0 fully saturated rings. The third-order valence-corrected chi connectivity index (χ3v) is 3.94. The van der Waals surface area contributed by atoms with Gasteiger partial charge in [0.1, 0.15) is 6.04 Å². The Hall–Kier alpha value is -1.49. The van der Waals surface area contributed by atoms with Gasteiger partial charge in [-0.1, -0.05) is 29.8 Å². The van der Waals surface area contributed by atoms with Crippen molar-refractivity contribution in [3.63, 3.8) is 0 Å². The van der Waals surface area contributed by atoms with E-state index in [1.165, 1.54) is 36.2 Å². The van der Waals surface area contributed by atoms with Gasteiger partial charge in [-0.05, 0) is 19.4 Å². The normalized spacial score (nSPS) is 11.9. The molecule has 1 N–H and O–H groups in total. The van der Waals surface area contributed by atoms with Crippen molar-refractivity contribution in [2.45, 2.75) is 25.6 Å². The van der Waals surface area contributed by atoms with Crippen molar-refractivity contribution in [2.24, 2.45) is 0 Å². The number of aliphatic carboxylic acids is 1. The van der Waals surface area contributed by atoms with Crippen LogP contribution in [0.5, 0.6) is 0 Å². The first-order chi connectivity index (χ1) is 8.91. The molecule has 0 aliphatic heterocycles. The average Bonchev–Trinajstić information content (AvgIpc) is 2.39. The van der Waals surface area contributed by atoms with Gasteiger partial charge in [0.2, 0.25) is 5.91 Å². The molecule has 19 heavy (non-hydrogen) atoms. The van der Waals surface area contributed by atoms with Crippen molar-refractivity contribution in [1.82, 2.24) is 4.90 Å². The third-order valence-electron chi connectivity index (χ3n) is 2.95. The van der Waals surface area contributed by atoms with Gasteiger partial charge >= 0.3 is 5.97 Å². The largest absolute Gasteiger partial charge is 0.480 e. The smallest absolute Gasteiger partial charge is 0.326 e. The van der Waals surface area contributed by atoms with Gasteiger partial charge in [-0.25, -0.2) is 4.79 Å². The van der Waals surface area contributed by atoms with Crippen LogP contribution in [0, 0.1) is 6.92 Å². The molecule has 0 heterocycles. The maximum atomic E-state index is 11.8. The Labute approximate surface area is 117 Å². The summed E-state index contributed by atoms with van der Waals surface area (Å²) in [5.74, 6) is -0.102. The van der Waals surface area contributed by atoms with Crippen LogP contribution < -0.4 is 0 Å². The van der Waals surface area contributed by atoms with E-state index in [2.05, 4.69) is 0 Å². The highest BCUT2D eigenvalue weighted by atomic mass is 32.2. The number of carboxylic acids is 1. The van der Waals surface area contributed by atoms with Gasteiger partial charge in [-0.15, -0.1) is 11.8 Å². The summed E-state index contributed by atoms with van der Waals surface area (Å²) >= 11 is 1.49. The Morgan fingerprint density at radius 2 is 1.89 bits per heavy atom. The summed E-state index contributed by atoms with van der Waals surface area (Å²) in [6.45, 7) is 3.54. The Morgan fingerprint density at radius 1 is 1.32 bits per heavy atom. The van der Waals surface area contributed by atoms with Crippen LogP contribution in [0.2, 0.25) is 0 Å². The molecule has 104 valence electrons. The number of thioether (sulfide) groups is 1. The number of benzene rings is 1. The van der Waals surface area contributed by atoms with E-state index in [9.17, 15) is 9.59 Å². The lowest BCUT2D eigenvalue weighted by atomic mass is 10.2. The zero-order valence-corrected chi connectivity index (χ0v) is 12.2. The summed E-state index contributed by atoms with van der Waals surface area (Å²) < 4.78 is 0. The molecule has 0 bridgehead atoms. The van der Waals surface area contributed by atoms with Crippen LogP contribution in [0.15, 0.2) is 24.3 Å². The predicted molar refractivity (Wildman–Crippen MR) is 77.2 cm³/mol. The molecule has 0 spiro atoms. The van der Waals surface area contributed by atoms with Gasteiger partial charge < -0.3 is 10.0 Å². The minimum absolute atomic E-state index is 0.160. The van der Waals surface area contributed by atoms with Crippen LogP contribution >= 0.6 is 11.8 Å². The summed E-state index contributed by atoms with van der Waals surface area (Å²) in [7, 11) is 1.52. The number of hydrogen-bond donors (Lipinski definition) is 1. The highest BCUT2D eigenvalue weighted by molar-refractivity contribution is 7.99. The van der Waals surface area contributed by atoms with Crippen LogP contribution in [0.25, 0.3) is 0 Å². The summed E-state index contributed by atoms with van der Waals surface area (Å²) in [5, 5.41) is 8.83. The third kappa shape index (κ3) is 4.95. The van der Waals surface area contributed by atoms with Crippen LogP contribution in [-0.2, 0) is 15.3 Å². The number of carboxylic acid groups (broad SMARTS) is 1. The molecule has 0 aromatic heterocycles. The quantitative estimate of drug-likeness (QED) is 0.868. The summed E-state index contributed by atoms with van der Waals surface area (Å²) in [6.07, 6.45) is 0. The van der Waals surface area contributed by atoms with Crippen LogP contribution in [0.3, 0.4) is 0 Å². The number of nitrogens with zero attached hydrogens (tertiary/aromatic N) is 1. The number of hydrogen-bond acceptors (Lipinski definition) is 3. The number of likely N-dealkylation sites (N-methyl/N-ethyl adjacent to an activating group) is 1. The molecule has 1 atom stereocenters. The summed E-state index contributed by atoms with van der Waals surface area (Å²) in [6, 6.07) is 7.37. The standard InChI is InChI=1S/C14H19NO3S/c1-10-4-6-12(7-5-10)8-19-9-13(16)15(3)11(2)14(17)18/h4-7,11H,8-9H2,1-3H3,(H,17,18). The molecule has 0 aliphatic carbocycles. The lowest BCUT2D eigenvalue weighted by Crippen LogP contribution is -2.41. The molecule has 5 heteroatoms. The zero-order valence-electron chi connectivity index (χ0n) is 11.4. The molecule has 0 saturated heterocycles. The SMILES string of the molecule is Cc1ccc(CSCC(=O)N(C)C(C)C(=O)O)cc1. The first kappa shape index (κ1) is 15.6. The van der Waals surface area contributed by atoms with Crippen molar-refractivity contribution in [3.8, 4) is 0 Å². The first-order valence-electron chi connectivity index (χ1n) is 6.03. The van der Waals surface area contributed by atoms with Gasteiger partial charge in [-0.2, -0.15) is 0 Å². The molecule has 0 radical (unpaired) electrons. The number of amides is 1. The van der Waals surface area contributed by atoms with Crippen LogP contribution in [-0.4, -0.2) is 40.7 Å². The Balaban J connectivity index is 2.38. The molecule has 1 aromatic rings. The van der Waals surface area contributed by atoms with Crippen LogP contribution in [0.1, 0.15) is 18.1 Å². The fourth-order valence-electron chi connectivity index (χ4n) is 1.42. The number of aryl methyl sites for hydroxylation is 1. The molecule has 1 unspecified atom stereocenters. The Kier molecular flexibility index (Phi) is 5.89. The molecular weight excluding hydrogens is 262 g/mol. The fourth-order valence-corrected chi connectivity index (χ4v) is 2.33. The molecule has 0 saturated carbocycles. The van der Waals surface area contributed by atoms with E-state index in [-0.39, 0.29) is 5.91 Å². The minimum atomic E-state index is -0.987. The maximum Gasteiger partial charge on any atom is 0.326 e. The molecule has 1 rings (SSSR count). The lowest BCUT2D eigenvalue weighted by molar-refractivity contribution is -0.147. The maximum absolute atomic E-state index is 11.8. The van der Waals surface area contributed by atoms with E-state index in [0.29, 0.717) is 5.75 Å². The van der Waals surface area contributed by atoms with Crippen molar-refractivity contribution < 1.29 is 14.7 Å². The number of carbonyl (C=O) groups excluding carboxylic acids is 1. The van der Waals surface area contributed by atoms with Gasteiger partial charge in [0.05, 0.1) is 5.75 Å². The van der Waals surface area contributed by atoms with Crippen LogP contribution in [0.4, 0.5) is 0 Å². The predicted octanol–water partition coefficient (Wildman–Crippen LogP) is 2.16. The lowest BCUT2D eigenvalue weighted by Gasteiger charge is -2.21. The highest BCUT2D eigenvalue weighted by Gasteiger charge is 2.21. The number of carbonyl (C=O) groups is 2. The molecular formula is C14H19NO3S. The second kappa shape index (κ2) is 7.19. The topological polar surface area (TPSA) is 57.6 Å². The Morgan fingerprint density at radius 3 is 2.42 bits per heavy atom. The summed E-state index contributed by atoms with van der Waals surface area (Å²) in [4.78, 5) is 23.8. The number of rotatable bonds is 6. The second-order valence-electron chi connectivity index (χ2n) is 4.50. The highest BCUT2D eigenvalue weighted by Crippen LogP contribution is 2.14. The monoisotopic (exact) mass is 281 g/mol. The van der Waals surface area contributed by atoms with E-state index >= 15 is 0 Å². The van der Waals surface area contributed by atoms with Crippen molar-refractivity contribution in [2.75, 3.05) is 12.8 Å². The van der Waals surface area contributed by atoms with Crippen molar-refractivity contribution in [3.05, 3.63) is 35.4 Å². The van der Waals surface area contributed by atoms with E-state index in [1.54, 1.807) is 0 Å². The molecule has 0 aliphatic rings. The van der Waals surface area contributed by atoms with Gasteiger partial charge in [0, 0.05) is 12.8 Å². The molecule has 4 nitrogen and oxygen atoms in total. The van der Waals surface area contributed by atoms with E-state index in [1.807, 2.05) is 31.2 Å². The minimum Gasteiger partial charge on any atom is -0.480 e. The van der Waals surface area contributed by atoms with Crippen molar-refractivity contribution in [1.29, 1.82) is 0 Å². The Bertz CT molecular complexity index is 445. The van der Waals surface area contributed by atoms with Gasteiger partial charge in [0.25, 0.3) is 0 Å². The van der Waals surface area contributed by atoms with E-state index in [4.69, 9.17) is 5.11 Å². The zero-order chi connectivity index (χ0) is 14.4. The van der Waals surface area contributed by atoms with E-state index in [0.717, 1.165) is 11.3 Å². The second-order valence-corrected chi connectivity index (χ2v) is 5.48. The fraction of sp³-hybridized carbons (Fsp3) is 0.429. The van der Waals surface area contributed by atoms with Gasteiger partial charge in [-0.3, -0.25) is 4.79 Å². The van der Waals surface area contributed by atoms with Gasteiger partial charge in [0.15, 0.2) is 0 Å². The van der Waals surface area contributed by atoms with E-state index < -0.39 is 12.0 Å². The molecule has 1 amide bonds. The summed E-state index contributed by atoms with van der Waals surface area (Å²) in [5.41, 5.74) is 2.37.